The molecule has 8 heteroatoms. The van der Waals surface area contributed by atoms with Crippen LogP contribution in [0.2, 0.25) is 5.02 Å². The van der Waals surface area contributed by atoms with Crippen LogP contribution in [0.1, 0.15) is 23.2 Å². The number of amides is 1. The Kier molecular flexibility index (Phi) is 6.30. The van der Waals surface area contributed by atoms with Crippen molar-refractivity contribution in [2.45, 2.75) is 12.8 Å². The van der Waals surface area contributed by atoms with E-state index < -0.39 is 6.09 Å². The van der Waals surface area contributed by atoms with Gasteiger partial charge in [-0.3, -0.25) is 15.0 Å². The van der Waals surface area contributed by atoms with E-state index in [-0.39, 0.29) is 18.3 Å². The Balaban J connectivity index is 1.18. The van der Waals surface area contributed by atoms with Crippen molar-refractivity contribution in [3.63, 3.8) is 0 Å². The van der Waals surface area contributed by atoms with Gasteiger partial charge in [0.05, 0.1) is 0 Å². The van der Waals surface area contributed by atoms with Crippen LogP contribution in [0.25, 0.3) is 11.1 Å². The third kappa shape index (κ3) is 4.98. The number of nitrogens with zero attached hydrogens (tertiary/aromatic N) is 2. The van der Waals surface area contributed by atoms with Gasteiger partial charge in [0.25, 0.3) is 0 Å². The Morgan fingerprint density at radius 1 is 1.17 bits per heavy atom. The number of aromatic nitrogens is 1. The summed E-state index contributed by atoms with van der Waals surface area (Å²) in [6.45, 7) is 2.52. The standard InChI is InChI=1S/C22H22ClN3O4/c23-17-3-1-15(2-4-17)21(27)16-7-9-26(10-8-16)11-12-29-22(28)25-18-5-6-19-20(13-18)30-14-24-19/h1-6,13-14,16H,7-12H2,(H,25,28). The first-order chi connectivity index (χ1) is 14.6. The average molecular weight is 428 g/mol. The Morgan fingerprint density at radius 2 is 1.93 bits per heavy atom. The van der Waals surface area contributed by atoms with Crippen LogP contribution in [0.4, 0.5) is 10.5 Å². The van der Waals surface area contributed by atoms with Crippen LogP contribution < -0.4 is 5.32 Å². The lowest BCUT2D eigenvalue weighted by molar-refractivity contribution is 0.0813. The van der Waals surface area contributed by atoms with Crippen LogP contribution in [-0.2, 0) is 4.74 Å². The molecule has 1 saturated heterocycles. The molecule has 0 unspecified atom stereocenters. The summed E-state index contributed by atoms with van der Waals surface area (Å²) in [7, 11) is 0. The highest BCUT2D eigenvalue weighted by molar-refractivity contribution is 6.30. The number of rotatable bonds is 6. The molecule has 1 aromatic heterocycles. The Bertz CT molecular complexity index is 1030. The largest absolute Gasteiger partial charge is 0.448 e. The number of carbonyl (C=O) groups is 2. The molecule has 0 atom stereocenters. The van der Waals surface area contributed by atoms with Crippen molar-refractivity contribution < 1.29 is 18.7 Å². The maximum absolute atomic E-state index is 12.6. The van der Waals surface area contributed by atoms with Crippen molar-refractivity contribution in [3.8, 4) is 0 Å². The number of hydrogen-bond donors (Lipinski definition) is 1. The number of anilines is 1. The van der Waals surface area contributed by atoms with Crippen molar-refractivity contribution in [3.05, 3.63) is 59.4 Å². The van der Waals surface area contributed by atoms with Crippen molar-refractivity contribution in [1.82, 2.24) is 9.88 Å². The van der Waals surface area contributed by atoms with E-state index in [9.17, 15) is 9.59 Å². The zero-order valence-electron chi connectivity index (χ0n) is 16.3. The molecule has 2 heterocycles. The number of likely N-dealkylation sites (tertiary alicyclic amines) is 1. The molecule has 7 nitrogen and oxygen atoms in total. The van der Waals surface area contributed by atoms with Gasteiger partial charge in [-0.1, -0.05) is 11.6 Å². The molecule has 1 aliphatic heterocycles. The summed E-state index contributed by atoms with van der Waals surface area (Å²) in [5.74, 6) is 0.198. The predicted octanol–water partition coefficient (Wildman–Crippen LogP) is 4.62. The van der Waals surface area contributed by atoms with E-state index in [1.54, 1.807) is 42.5 Å². The zero-order valence-corrected chi connectivity index (χ0v) is 17.1. The lowest BCUT2D eigenvalue weighted by Gasteiger charge is -2.31. The molecular formula is C22H22ClN3O4. The Hall–Kier alpha value is -2.90. The molecule has 3 aromatic rings. The third-order valence-corrected chi connectivity index (χ3v) is 5.56. The van der Waals surface area contributed by atoms with Crippen LogP contribution in [0.3, 0.4) is 0 Å². The number of ether oxygens (including phenoxy) is 1. The monoisotopic (exact) mass is 427 g/mol. The molecule has 1 amide bonds. The SMILES string of the molecule is O=C(Nc1ccc2ncoc2c1)OCCN1CCC(C(=O)c2ccc(Cl)cc2)CC1. The van der Waals surface area contributed by atoms with E-state index >= 15 is 0 Å². The lowest BCUT2D eigenvalue weighted by Crippen LogP contribution is -2.38. The summed E-state index contributed by atoms with van der Waals surface area (Å²) in [5.41, 5.74) is 2.63. The second-order valence-corrected chi connectivity index (χ2v) is 7.72. The summed E-state index contributed by atoms with van der Waals surface area (Å²) in [5, 5.41) is 3.31. The molecule has 1 N–H and O–H groups in total. The molecule has 0 radical (unpaired) electrons. The topological polar surface area (TPSA) is 84.7 Å². The normalized spacial score (nSPS) is 15.2. The van der Waals surface area contributed by atoms with Gasteiger partial charge in [-0.2, -0.15) is 0 Å². The number of Topliss-reactive ketones (excluding diaryl/α,β-unsaturated/α-hetero) is 1. The fourth-order valence-electron chi connectivity index (χ4n) is 3.62. The van der Waals surface area contributed by atoms with Gasteiger partial charge in [0.1, 0.15) is 12.1 Å². The van der Waals surface area contributed by atoms with Gasteiger partial charge in [-0.05, 0) is 62.3 Å². The molecule has 1 aliphatic rings. The van der Waals surface area contributed by atoms with Gasteiger partial charge < -0.3 is 9.15 Å². The maximum atomic E-state index is 12.6. The molecule has 156 valence electrons. The van der Waals surface area contributed by atoms with Gasteiger partial charge in [0.2, 0.25) is 0 Å². The number of carbonyl (C=O) groups excluding carboxylic acids is 2. The molecule has 2 aromatic carbocycles. The van der Waals surface area contributed by atoms with Gasteiger partial charge in [-0.25, -0.2) is 9.78 Å². The molecule has 1 fully saturated rings. The number of ketones is 1. The molecule has 0 spiro atoms. The first-order valence-corrected chi connectivity index (χ1v) is 10.3. The molecular weight excluding hydrogens is 406 g/mol. The first-order valence-electron chi connectivity index (χ1n) is 9.87. The van der Waals surface area contributed by atoms with Crippen molar-refractivity contribution in [1.29, 1.82) is 0 Å². The number of hydrogen-bond acceptors (Lipinski definition) is 6. The van der Waals surface area contributed by atoms with E-state index in [4.69, 9.17) is 20.8 Å². The maximum Gasteiger partial charge on any atom is 0.411 e. The van der Waals surface area contributed by atoms with Crippen LogP contribution in [0.5, 0.6) is 0 Å². The minimum atomic E-state index is -0.512. The van der Waals surface area contributed by atoms with E-state index in [2.05, 4.69) is 15.2 Å². The molecule has 4 rings (SSSR count). The van der Waals surface area contributed by atoms with Crippen molar-refractivity contribution in [2.75, 3.05) is 31.6 Å². The number of halogens is 1. The highest BCUT2D eigenvalue weighted by Gasteiger charge is 2.25. The van der Waals surface area contributed by atoms with Gasteiger partial charge in [0, 0.05) is 34.8 Å². The molecule has 30 heavy (non-hydrogen) atoms. The second-order valence-electron chi connectivity index (χ2n) is 7.28. The summed E-state index contributed by atoms with van der Waals surface area (Å²) in [4.78, 5) is 30.9. The first kappa shape index (κ1) is 20.4. The minimum Gasteiger partial charge on any atom is -0.448 e. The van der Waals surface area contributed by atoms with Gasteiger partial charge in [0.15, 0.2) is 17.8 Å². The van der Waals surface area contributed by atoms with E-state index in [0.717, 1.165) is 31.4 Å². The zero-order chi connectivity index (χ0) is 20.9. The highest BCUT2D eigenvalue weighted by atomic mass is 35.5. The third-order valence-electron chi connectivity index (χ3n) is 5.31. The molecule has 0 bridgehead atoms. The second kappa shape index (κ2) is 9.28. The number of fused-ring (bicyclic) bond motifs is 1. The smallest absolute Gasteiger partial charge is 0.411 e. The average Bonchev–Trinajstić information content (AvgIpc) is 3.22. The van der Waals surface area contributed by atoms with Crippen LogP contribution in [-0.4, -0.2) is 48.0 Å². The van der Waals surface area contributed by atoms with Crippen molar-refractivity contribution in [2.24, 2.45) is 5.92 Å². The van der Waals surface area contributed by atoms with Crippen LogP contribution >= 0.6 is 11.6 Å². The predicted molar refractivity (Wildman–Crippen MR) is 114 cm³/mol. The number of benzene rings is 2. The minimum absolute atomic E-state index is 0.0256. The summed E-state index contributed by atoms with van der Waals surface area (Å²) < 4.78 is 10.5. The number of piperidine rings is 1. The van der Waals surface area contributed by atoms with E-state index in [1.165, 1.54) is 6.39 Å². The summed E-state index contributed by atoms with van der Waals surface area (Å²) in [6, 6.07) is 12.3. The molecule has 0 saturated carbocycles. The fraction of sp³-hybridized carbons (Fsp3) is 0.318. The highest BCUT2D eigenvalue weighted by Crippen LogP contribution is 2.23. The molecule has 0 aliphatic carbocycles. The quantitative estimate of drug-likeness (QED) is 0.577. The summed E-state index contributed by atoms with van der Waals surface area (Å²) in [6.07, 6.45) is 2.44. The Morgan fingerprint density at radius 3 is 2.70 bits per heavy atom. The number of nitrogens with one attached hydrogen (secondary N) is 1. The summed E-state index contributed by atoms with van der Waals surface area (Å²) >= 11 is 5.89. The van der Waals surface area contributed by atoms with E-state index in [1.807, 2.05) is 0 Å². The van der Waals surface area contributed by atoms with Gasteiger partial charge >= 0.3 is 6.09 Å². The fourth-order valence-corrected chi connectivity index (χ4v) is 3.75. The number of oxazole rings is 1. The Labute approximate surface area is 179 Å². The van der Waals surface area contributed by atoms with Gasteiger partial charge in [-0.15, -0.1) is 0 Å². The van der Waals surface area contributed by atoms with E-state index in [0.29, 0.717) is 28.4 Å². The lowest BCUT2D eigenvalue weighted by atomic mass is 9.89. The van der Waals surface area contributed by atoms with Crippen LogP contribution in [0.15, 0.2) is 53.3 Å². The van der Waals surface area contributed by atoms with Crippen LogP contribution in [0, 0.1) is 5.92 Å². The van der Waals surface area contributed by atoms with Crippen molar-refractivity contribution >= 4 is 40.3 Å².